The van der Waals surface area contributed by atoms with Gasteiger partial charge in [0.05, 0.1) is 0 Å². The Morgan fingerprint density at radius 2 is 1.36 bits per heavy atom. The molecule has 0 bridgehead atoms. The highest BCUT2D eigenvalue weighted by atomic mass is 32.3. The molecule has 0 fully saturated rings. The van der Waals surface area contributed by atoms with Crippen molar-refractivity contribution in [1.82, 2.24) is 4.98 Å². The lowest BCUT2D eigenvalue weighted by atomic mass is 10.5. The summed E-state index contributed by atoms with van der Waals surface area (Å²) in [5, 5.41) is 0. The van der Waals surface area contributed by atoms with E-state index in [9.17, 15) is 7.77 Å². The molecule has 0 radical (unpaired) electrons. The minimum atomic E-state index is -5.67. The Hall–Kier alpha value is -1.04. The van der Waals surface area contributed by atoms with Crippen LogP contribution in [-0.2, 0) is 10.6 Å². The molecule has 0 spiro atoms. The van der Waals surface area contributed by atoms with Crippen LogP contribution in [0.25, 0.3) is 0 Å². The van der Waals surface area contributed by atoms with Crippen LogP contribution >= 0.6 is 0 Å². The first-order chi connectivity index (χ1) is 5.00. The van der Waals surface area contributed by atoms with Crippen molar-refractivity contribution < 1.29 is 16.2 Å². The third kappa shape index (κ3) is 17.6. The minimum Gasteiger partial charge on any atom is -0.265 e. The summed E-state index contributed by atoms with van der Waals surface area (Å²) < 4.78 is 36.6. The van der Waals surface area contributed by atoms with E-state index in [0.717, 1.165) is 0 Å². The molecule has 1 heterocycles. The van der Waals surface area contributed by atoms with Crippen LogP contribution in [0.4, 0.5) is 7.77 Å². The van der Waals surface area contributed by atoms with E-state index < -0.39 is 10.6 Å². The van der Waals surface area contributed by atoms with Gasteiger partial charge in [-0.3, -0.25) is 4.98 Å². The molecule has 0 aromatic carbocycles. The molecule has 0 amide bonds. The van der Waals surface area contributed by atoms with E-state index in [1.54, 1.807) is 12.4 Å². The molecule has 0 aliphatic heterocycles. The third-order valence-electron chi connectivity index (χ3n) is 0.566. The van der Waals surface area contributed by atoms with Crippen LogP contribution in [0.1, 0.15) is 0 Å². The number of pyridine rings is 1. The molecule has 0 N–H and O–H groups in total. The summed E-state index contributed by atoms with van der Waals surface area (Å²) in [6.07, 6.45) is 3.50. The normalized spacial score (nSPS) is 9.64. The van der Waals surface area contributed by atoms with Gasteiger partial charge < -0.3 is 0 Å². The molecule has 0 saturated heterocycles. The lowest BCUT2D eigenvalue weighted by Crippen LogP contribution is -1.69. The molecule has 62 valence electrons. The smallest absolute Gasteiger partial charge is 0.265 e. The van der Waals surface area contributed by atoms with E-state index >= 15 is 0 Å². The maximum absolute atomic E-state index is 9.99. The lowest BCUT2D eigenvalue weighted by molar-refractivity contribution is 0.501. The van der Waals surface area contributed by atoms with Gasteiger partial charge in [-0.15, -0.1) is 0 Å². The Kier molecular flexibility index (Phi) is 4.28. The standard InChI is InChI=1S/C5H5N.F2O2S/c1-2-4-6-5-3-1;1-5(2,3)4/h1-5H;. The first kappa shape index (κ1) is 9.96. The summed E-state index contributed by atoms with van der Waals surface area (Å²) in [5.41, 5.74) is 0. The van der Waals surface area contributed by atoms with Gasteiger partial charge in [-0.25, -0.2) is 0 Å². The van der Waals surface area contributed by atoms with E-state index in [2.05, 4.69) is 4.98 Å². The van der Waals surface area contributed by atoms with Crippen molar-refractivity contribution in [3.05, 3.63) is 30.6 Å². The molecule has 1 aromatic rings. The Morgan fingerprint density at radius 3 is 1.45 bits per heavy atom. The van der Waals surface area contributed by atoms with Crippen LogP contribution in [0.5, 0.6) is 0 Å². The van der Waals surface area contributed by atoms with E-state index in [4.69, 9.17) is 8.42 Å². The van der Waals surface area contributed by atoms with Crippen LogP contribution in [-0.4, -0.2) is 13.4 Å². The zero-order valence-electron chi connectivity index (χ0n) is 5.31. The fourth-order valence-corrected chi connectivity index (χ4v) is 0.313. The second-order valence-corrected chi connectivity index (χ2v) is 2.16. The van der Waals surface area contributed by atoms with E-state index in [1.807, 2.05) is 18.2 Å². The number of hydrogen-bond acceptors (Lipinski definition) is 3. The van der Waals surface area contributed by atoms with Crippen LogP contribution in [0.3, 0.4) is 0 Å². The van der Waals surface area contributed by atoms with Gasteiger partial charge in [0.15, 0.2) is 0 Å². The van der Waals surface area contributed by atoms with Gasteiger partial charge in [-0.05, 0) is 12.1 Å². The van der Waals surface area contributed by atoms with Crippen molar-refractivity contribution in [3.8, 4) is 0 Å². The molecule has 0 atom stereocenters. The summed E-state index contributed by atoms with van der Waals surface area (Å²) in [6, 6.07) is 5.72. The van der Waals surface area contributed by atoms with Crippen LogP contribution in [0.2, 0.25) is 0 Å². The van der Waals surface area contributed by atoms with Crippen LogP contribution in [0.15, 0.2) is 30.6 Å². The third-order valence-corrected chi connectivity index (χ3v) is 0.566. The Bertz CT molecular complexity index is 239. The fourth-order valence-electron chi connectivity index (χ4n) is 0.313. The van der Waals surface area contributed by atoms with Crippen molar-refractivity contribution in [3.63, 3.8) is 0 Å². The van der Waals surface area contributed by atoms with Crippen LogP contribution < -0.4 is 0 Å². The second-order valence-electron chi connectivity index (χ2n) is 1.40. The maximum atomic E-state index is 9.99. The molecular weight excluding hydrogens is 176 g/mol. The molecule has 0 unspecified atom stereocenters. The molecule has 0 saturated carbocycles. The SMILES string of the molecule is O=S(=O)(F)F.c1ccncc1. The summed E-state index contributed by atoms with van der Waals surface area (Å²) in [5.74, 6) is 0. The highest BCUT2D eigenvalue weighted by molar-refractivity contribution is 7.81. The van der Waals surface area contributed by atoms with E-state index in [0.29, 0.717) is 0 Å². The summed E-state index contributed by atoms with van der Waals surface area (Å²) in [4.78, 5) is 3.78. The molecule has 1 rings (SSSR count). The predicted octanol–water partition coefficient (Wildman–Crippen LogP) is 1.25. The Balaban J connectivity index is 0.000000187. The maximum Gasteiger partial charge on any atom is 0.476 e. The molecule has 1 aromatic heterocycles. The summed E-state index contributed by atoms with van der Waals surface area (Å²) >= 11 is 0. The predicted molar refractivity (Wildman–Crippen MR) is 35.4 cm³/mol. The zero-order valence-corrected chi connectivity index (χ0v) is 6.13. The highest BCUT2D eigenvalue weighted by Crippen LogP contribution is 1.85. The zero-order chi connectivity index (χ0) is 8.74. The van der Waals surface area contributed by atoms with Crippen molar-refractivity contribution in [1.29, 1.82) is 0 Å². The monoisotopic (exact) mass is 181 g/mol. The number of nitrogens with zero attached hydrogens (tertiary/aromatic N) is 1. The van der Waals surface area contributed by atoms with Crippen molar-refractivity contribution in [2.75, 3.05) is 0 Å². The number of hydrogen-bond donors (Lipinski definition) is 0. The van der Waals surface area contributed by atoms with Gasteiger partial charge in [-0.2, -0.15) is 8.42 Å². The van der Waals surface area contributed by atoms with Crippen molar-refractivity contribution >= 4 is 10.6 Å². The quantitative estimate of drug-likeness (QED) is 0.566. The van der Waals surface area contributed by atoms with Crippen LogP contribution in [0, 0.1) is 0 Å². The van der Waals surface area contributed by atoms with Gasteiger partial charge in [-0.1, -0.05) is 13.8 Å². The van der Waals surface area contributed by atoms with Gasteiger partial charge >= 0.3 is 10.6 Å². The minimum absolute atomic E-state index is 1.75. The topological polar surface area (TPSA) is 47.0 Å². The Morgan fingerprint density at radius 1 is 1.00 bits per heavy atom. The molecule has 0 aliphatic rings. The number of halogens is 2. The first-order valence-corrected chi connectivity index (χ1v) is 3.78. The number of rotatable bonds is 0. The largest absolute Gasteiger partial charge is 0.476 e. The lowest BCUT2D eigenvalue weighted by Gasteiger charge is -1.70. The molecule has 6 heteroatoms. The van der Waals surface area contributed by atoms with Gasteiger partial charge in [0.1, 0.15) is 0 Å². The van der Waals surface area contributed by atoms with Gasteiger partial charge in [0, 0.05) is 12.4 Å². The Labute approximate surface area is 63.2 Å². The van der Waals surface area contributed by atoms with Crippen molar-refractivity contribution in [2.45, 2.75) is 0 Å². The summed E-state index contributed by atoms with van der Waals surface area (Å²) in [7, 11) is -5.67. The van der Waals surface area contributed by atoms with E-state index in [1.165, 1.54) is 0 Å². The molecule has 3 nitrogen and oxygen atoms in total. The highest BCUT2D eigenvalue weighted by Gasteiger charge is 1.94. The first-order valence-electron chi connectivity index (χ1n) is 2.49. The molecule has 11 heavy (non-hydrogen) atoms. The fraction of sp³-hybridized carbons (Fsp3) is 0. The van der Waals surface area contributed by atoms with Gasteiger partial charge in [0.25, 0.3) is 0 Å². The average Bonchev–Trinajstić information content (AvgIpc) is 1.88. The second kappa shape index (κ2) is 4.73. The average molecular weight is 181 g/mol. The summed E-state index contributed by atoms with van der Waals surface area (Å²) in [6.45, 7) is 0. The molecular formula is C5H5F2NO2S. The number of aromatic nitrogens is 1. The van der Waals surface area contributed by atoms with Gasteiger partial charge in [0.2, 0.25) is 0 Å². The molecule has 0 aliphatic carbocycles. The van der Waals surface area contributed by atoms with E-state index in [-0.39, 0.29) is 0 Å². The van der Waals surface area contributed by atoms with Crippen molar-refractivity contribution in [2.24, 2.45) is 0 Å².